The summed E-state index contributed by atoms with van der Waals surface area (Å²) < 4.78 is 0. The van der Waals surface area contributed by atoms with E-state index >= 15 is 0 Å². The van der Waals surface area contributed by atoms with Crippen molar-refractivity contribution in [3.8, 4) is 0 Å². The topological polar surface area (TPSA) is 0 Å². The van der Waals surface area contributed by atoms with E-state index in [1.807, 2.05) is 6.08 Å². The van der Waals surface area contributed by atoms with Gasteiger partial charge >= 0.3 is 0 Å². The Balaban J connectivity index is 1.69. The molecule has 0 fully saturated rings. The normalized spacial score (nSPS) is 19.0. The van der Waals surface area contributed by atoms with Crippen LogP contribution in [0.5, 0.6) is 0 Å². The molecule has 0 nitrogen and oxygen atoms in total. The molecule has 0 amide bonds. The maximum Gasteiger partial charge on any atom is 0.0722 e. The van der Waals surface area contributed by atoms with Gasteiger partial charge < -0.3 is 0 Å². The Morgan fingerprint density at radius 2 is 1.53 bits per heavy atom. The molecule has 45 heavy (non-hydrogen) atoms. The van der Waals surface area contributed by atoms with Crippen LogP contribution in [0, 0.1) is 6.92 Å². The summed E-state index contributed by atoms with van der Waals surface area (Å²) in [5.74, 6) is 0. The van der Waals surface area contributed by atoms with Gasteiger partial charge in [0.15, 0.2) is 0 Å². The number of allylic oxidation sites excluding steroid dienone is 11. The summed E-state index contributed by atoms with van der Waals surface area (Å²) in [5.41, 5.74) is 13.9. The first-order valence-electron chi connectivity index (χ1n) is 16.2. The predicted octanol–water partition coefficient (Wildman–Crippen LogP) is 12.0. The van der Waals surface area contributed by atoms with E-state index in [9.17, 15) is 0 Å². The second-order valence-electron chi connectivity index (χ2n) is 12.6. The fourth-order valence-corrected chi connectivity index (χ4v) is 7.72. The molecular weight excluding hydrogens is 540 g/mol. The second-order valence-corrected chi connectivity index (χ2v) is 12.6. The van der Waals surface area contributed by atoms with Gasteiger partial charge in [-0.3, -0.25) is 0 Å². The lowest BCUT2D eigenvalue weighted by Crippen LogP contribution is -2.31. The van der Waals surface area contributed by atoms with Gasteiger partial charge in [-0.2, -0.15) is 0 Å². The SMILES string of the molecule is C=C/C=C(\C=C1\C=CC(C)=CC1)C1(c2ccc3cc(C)ccc3c2)C(c2ccccc2CC)=C(C)c2ccc3ccccc3c21. The van der Waals surface area contributed by atoms with Crippen LogP contribution in [0.4, 0.5) is 0 Å². The summed E-state index contributed by atoms with van der Waals surface area (Å²) in [6, 6.07) is 36.6. The second kappa shape index (κ2) is 11.5. The van der Waals surface area contributed by atoms with E-state index in [2.05, 4.69) is 162 Å². The Labute approximate surface area is 268 Å². The van der Waals surface area contributed by atoms with Gasteiger partial charge in [-0.25, -0.2) is 0 Å². The van der Waals surface area contributed by atoms with Crippen LogP contribution in [0.25, 0.3) is 32.7 Å². The average Bonchev–Trinajstić information content (AvgIpc) is 3.34. The molecule has 220 valence electrons. The number of hydrogen-bond donors (Lipinski definition) is 0. The summed E-state index contributed by atoms with van der Waals surface area (Å²) in [7, 11) is 0. The highest BCUT2D eigenvalue weighted by Gasteiger charge is 2.49. The molecule has 0 aromatic heterocycles. The molecule has 0 spiro atoms. The maximum atomic E-state index is 4.28. The molecule has 2 aliphatic rings. The number of aryl methyl sites for hydroxylation is 2. The van der Waals surface area contributed by atoms with E-state index in [1.54, 1.807) is 0 Å². The Kier molecular flexibility index (Phi) is 7.38. The number of fused-ring (bicyclic) bond motifs is 4. The highest BCUT2D eigenvalue weighted by molar-refractivity contribution is 6.11. The van der Waals surface area contributed by atoms with Crippen molar-refractivity contribution in [2.24, 2.45) is 0 Å². The van der Waals surface area contributed by atoms with Gasteiger partial charge in [0, 0.05) is 0 Å². The lowest BCUT2D eigenvalue weighted by molar-refractivity contribution is 0.818. The van der Waals surface area contributed by atoms with Gasteiger partial charge in [-0.1, -0.05) is 152 Å². The number of hydrogen-bond acceptors (Lipinski definition) is 0. The zero-order valence-electron chi connectivity index (χ0n) is 26.8. The van der Waals surface area contributed by atoms with E-state index in [0.29, 0.717) is 0 Å². The molecule has 1 unspecified atom stereocenters. The summed E-state index contributed by atoms with van der Waals surface area (Å²) in [4.78, 5) is 0. The number of rotatable bonds is 6. The molecule has 0 aliphatic heterocycles. The van der Waals surface area contributed by atoms with Crippen molar-refractivity contribution in [1.82, 2.24) is 0 Å². The minimum absolute atomic E-state index is 0.574. The smallest absolute Gasteiger partial charge is 0.0722 e. The molecule has 0 bridgehead atoms. The first kappa shape index (κ1) is 28.8. The van der Waals surface area contributed by atoms with Crippen molar-refractivity contribution < 1.29 is 0 Å². The van der Waals surface area contributed by atoms with E-state index < -0.39 is 5.41 Å². The molecule has 0 heteroatoms. The monoisotopic (exact) mass is 580 g/mol. The van der Waals surface area contributed by atoms with Gasteiger partial charge in [0.05, 0.1) is 5.41 Å². The van der Waals surface area contributed by atoms with Crippen LogP contribution in [0.2, 0.25) is 0 Å². The van der Waals surface area contributed by atoms with Crippen LogP contribution in [-0.4, -0.2) is 0 Å². The van der Waals surface area contributed by atoms with Gasteiger partial charge in [0.25, 0.3) is 0 Å². The van der Waals surface area contributed by atoms with Crippen molar-refractivity contribution in [1.29, 1.82) is 0 Å². The van der Waals surface area contributed by atoms with Gasteiger partial charge in [-0.15, -0.1) is 0 Å². The fourth-order valence-electron chi connectivity index (χ4n) is 7.72. The van der Waals surface area contributed by atoms with Gasteiger partial charge in [0.2, 0.25) is 0 Å². The number of benzene rings is 5. The van der Waals surface area contributed by atoms with Crippen LogP contribution in [0.3, 0.4) is 0 Å². The van der Waals surface area contributed by atoms with Crippen molar-refractivity contribution >= 4 is 32.7 Å². The third-order valence-electron chi connectivity index (χ3n) is 9.85. The van der Waals surface area contributed by atoms with Crippen LogP contribution in [0.15, 0.2) is 157 Å². The van der Waals surface area contributed by atoms with Crippen molar-refractivity contribution in [3.63, 3.8) is 0 Å². The highest BCUT2D eigenvalue weighted by Crippen LogP contribution is 2.61. The molecule has 5 aromatic rings. The third kappa shape index (κ3) is 4.68. The molecule has 0 heterocycles. The van der Waals surface area contributed by atoms with E-state index in [1.165, 1.54) is 82.8 Å². The quantitative estimate of drug-likeness (QED) is 0.175. The first-order chi connectivity index (χ1) is 21.9. The Morgan fingerprint density at radius 3 is 2.33 bits per heavy atom. The van der Waals surface area contributed by atoms with Crippen LogP contribution >= 0.6 is 0 Å². The molecule has 0 radical (unpaired) electrons. The molecule has 2 aliphatic carbocycles. The van der Waals surface area contributed by atoms with Crippen molar-refractivity contribution in [3.05, 3.63) is 190 Å². The predicted molar refractivity (Wildman–Crippen MR) is 196 cm³/mol. The molecule has 0 saturated heterocycles. The van der Waals surface area contributed by atoms with Crippen molar-refractivity contribution in [2.75, 3.05) is 0 Å². The zero-order valence-corrected chi connectivity index (χ0v) is 26.8. The van der Waals surface area contributed by atoms with E-state index in [-0.39, 0.29) is 0 Å². The molecule has 7 rings (SSSR count). The maximum absolute atomic E-state index is 4.28. The van der Waals surface area contributed by atoms with Crippen molar-refractivity contribution in [2.45, 2.75) is 46.0 Å². The summed E-state index contributed by atoms with van der Waals surface area (Å²) >= 11 is 0. The Bertz CT molecular complexity index is 2160. The minimum atomic E-state index is -0.574. The Hall–Kier alpha value is -4.94. The molecule has 0 N–H and O–H groups in total. The van der Waals surface area contributed by atoms with Crippen LogP contribution in [-0.2, 0) is 11.8 Å². The lowest BCUT2D eigenvalue weighted by Gasteiger charge is -2.39. The summed E-state index contributed by atoms with van der Waals surface area (Å²) in [6.07, 6.45) is 15.4. The van der Waals surface area contributed by atoms with Crippen LogP contribution < -0.4 is 0 Å². The lowest BCUT2D eigenvalue weighted by atomic mass is 9.62. The first-order valence-corrected chi connectivity index (χ1v) is 16.2. The van der Waals surface area contributed by atoms with E-state index in [4.69, 9.17) is 0 Å². The average molecular weight is 581 g/mol. The minimum Gasteiger partial charge on any atom is -0.0991 e. The standard InChI is InChI=1S/C45H40/c1-6-12-38(28-33-20-17-30(3)18-21-33)45(39-25-23-36-27-31(4)19-22-37(36)29-39)43(41-15-10-8-13-34(41)7-2)32(5)40-26-24-35-14-9-11-16-42(35)44(40)45/h6,8-20,22-29H,1,7,21H2,2-5H3/b33-28-,38-12+. The van der Waals surface area contributed by atoms with Gasteiger partial charge in [0.1, 0.15) is 0 Å². The largest absolute Gasteiger partial charge is 0.0991 e. The summed E-state index contributed by atoms with van der Waals surface area (Å²) in [5, 5.41) is 5.08. The highest BCUT2D eigenvalue weighted by atomic mass is 14.5. The summed E-state index contributed by atoms with van der Waals surface area (Å²) in [6.45, 7) is 13.2. The molecule has 0 saturated carbocycles. The molecule has 1 atom stereocenters. The zero-order chi connectivity index (χ0) is 31.1. The van der Waals surface area contributed by atoms with Crippen LogP contribution in [0.1, 0.15) is 60.6 Å². The van der Waals surface area contributed by atoms with Gasteiger partial charge in [-0.05, 0) is 111 Å². The third-order valence-corrected chi connectivity index (χ3v) is 9.85. The molecule has 5 aromatic carbocycles. The fraction of sp³-hybridized carbons (Fsp3) is 0.156. The molecular formula is C45H40. The van der Waals surface area contributed by atoms with E-state index in [0.717, 1.165) is 12.8 Å². The Morgan fingerprint density at radius 1 is 0.778 bits per heavy atom.